The maximum atomic E-state index is 3.78. The first kappa shape index (κ1) is 9.90. The Bertz CT molecular complexity index is 252. The van der Waals surface area contributed by atoms with Crippen LogP contribution in [0.25, 0.3) is 0 Å². The van der Waals surface area contributed by atoms with Gasteiger partial charge < -0.3 is 10.6 Å². The molecule has 1 aliphatic heterocycles. The molecule has 3 aliphatic carbocycles. The van der Waals surface area contributed by atoms with E-state index >= 15 is 0 Å². The van der Waals surface area contributed by atoms with E-state index in [1.165, 1.54) is 32.2 Å². The molecule has 1 heterocycles. The van der Waals surface area contributed by atoms with Crippen LogP contribution in [-0.2, 0) is 0 Å². The van der Waals surface area contributed by atoms with E-state index < -0.39 is 0 Å². The molecule has 0 bridgehead atoms. The van der Waals surface area contributed by atoms with Gasteiger partial charge in [-0.1, -0.05) is 25.7 Å². The van der Waals surface area contributed by atoms with Crippen molar-refractivity contribution in [2.75, 3.05) is 13.2 Å². The van der Waals surface area contributed by atoms with Crippen molar-refractivity contribution in [2.45, 2.75) is 44.6 Å². The largest absolute Gasteiger partial charge is 0.304 e. The van der Waals surface area contributed by atoms with Gasteiger partial charge in [0.2, 0.25) is 0 Å². The molecule has 0 aromatic rings. The van der Waals surface area contributed by atoms with Crippen LogP contribution < -0.4 is 10.6 Å². The van der Waals surface area contributed by atoms with Crippen LogP contribution >= 0.6 is 0 Å². The standard InChI is InChI=1S/C14H24N2/c1-3-9-4-2-6-11-13(9)10(5-1)12-7-15-8-16-14(11)12/h9-16H,1-8H2. The fourth-order valence-corrected chi connectivity index (χ4v) is 5.67. The van der Waals surface area contributed by atoms with Gasteiger partial charge in [-0.3, -0.25) is 0 Å². The summed E-state index contributed by atoms with van der Waals surface area (Å²) in [5, 5.41) is 7.34. The van der Waals surface area contributed by atoms with E-state index in [4.69, 9.17) is 0 Å². The molecular formula is C14H24N2. The van der Waals surface area contributed by atoms with Crippen molar-refractivity contribution in [3.63, 3.8) is 0 Å². The van der Waals surface area contributed by atoms with Gasteiger partial charge in [-0.2, -0.15) is 0 Å². The van der Waals surface area contributed by atoms with Gasteiger partial charge in [-0.05, 0) is 42.4 Å². The SMILES string of the molecule is C1CC2CCCC3C4NCNCC4C(C1)C23. The van der Waals surface area contributed by atoms with Crippen LogP contribution in [0.5, 0.6) is 0 Å². The average Bonchev–Trinajstić information content (AvgIpc) is 2.68. The first-order valence-electron chi connectivity index (χ1n) is 7.39. The highest BCUT2D eigenvalue weighted by Crippen LogP contribution is 2.56. The normalized spacial score (nSPS) is 55.5. The van der Waals surface area contributed by atoms with Crippen LogP contribution in [-0.4, -0.2) is 19.3 Å². The maximum absolute atomic E-state index is 3.78. The van der Waals surface area contributed by atoms with Crippen molar-refractivity contribution in [1.82, 2.24) is 10.6 Å². The molecule has 0 aromatic carbocycles. The number of hydrogen-bond acceptors (Lipinski definition) is 2. The first-order valence-corrected chi connectivity index (χ1v) is 7.39. The van der Waals surface area contributed by atoms with Crippen molar-refractivity contribution in [1.29, 1.82) is 0 Å². The molecule has 2 nitrogen and oxygen atoms in total. The van der Waals surface area contributed by atoms with Crippen LogP contribution in [0.4, 0.5) is 0 Å². The van der Waals surface area contributed by atoms with Crippen LogP contribution in [0.15, 0.2) is 0 Å². The van der Waals surface area contributed by atoms with Crippen LogP contribution in [0, 0.1) is 29.6 Å². The van der Waals surface area contributed by atoms with Crippen LogP contribution in [0.1, 0.15) is 38.5 Å². The summed E-state index contributed by atoms with van der Waals surface area (Å²) >= 11 is 0. The van der Waals surface area contributed by atoms with Crippen LogP contribution in [0.2, 0.25) is 0 Å². The topological polar surface area (TPSA) is 24.1 Å². The summed E-state index contributed by atoms with van der Waals surface area (Å²) in [4.78, 5) is 0. The Morgan fingerprint density at radius 1 is 0.812 bits per heavy atom. The fraction of sp³-hybridized carbons (Fsp3) is 1.00. The lowest BCUT2D eigenvalue weighted by Gasteiger charge is -2.41. The third-order valence-corrected chi connectivity index (χ3v) is 6.07. The van der Waals surface area contributed by atoms with Gasteiger partial charge in [-0.15, -0.1) is 0 Å². The molecular weight excluding hydrogens is 196 g/mol. The van der Waals surface area contributed by atoms with E-state index in [-0.39, 0.29) is 0 Å². The molecule has 0 aromatic heterocycles. The summed E-state index contributed by atoms with van der Waals surface area (Å²) in [6.45, 7) is 2.35. The highest BCUT2D eigenvalue weighted by Gasteiger charge is 2.54. The third kappa shape index (κ3) is 1.26. The summed E-state index contributed by atoms with van der Waals surface area (Å²) in [6.07, 6.45) is 9.17. The average molecular weight is 220 g/mol. The number of rotatable bonds is 0. The lowest BCUT2D eigenvalue weighted by atomic mass is 9.64. The molecule has 4 rings (SSSR count). The molecule has 6 unspecified atom stereocenters. The fourth-order valence-electron chi connectivity index (χ4n) is 5.67. The smallest absolute Gasteiger partial charge is 0.0456 e. The predicted octanol–water partition coefficient (Wildman–Crippen LogP) is 1.97. The van der Waals surface area contributed by atoms with Crippen molar-refractivity contribution >= 4 is 0 Å². The number of nitrogens with one attached hydrogen (secondary N) is 2. The molecule has 0 spiro atoms. The van der Waals surface area contributed by atoms with E-state index in [1.807, 2.05) is 0 Å². The predicted molar refractivity (Wildman–Crippen MR) is 64.9 cm³/mol. The monoisotopic (exact) mass is 220 g/mol. The minimum atomic E-state index is 0.872. The first-order chi connectivity index (χ1) is 7.95. The number of hydrogen-bond donors (Lipinski definition) is 2. The molecule has 2 N–H and O–H groups in total. The van der Waals surface area contributed by atoms with Gasteiger partial charge >= 0.3 is 0 Å². The molecule has 0 radical (unpaired) electrons. The van der Waals surface area contributed by atoms with Gasteiger partial charge in [0.05, 0.1) is 0 Å². The molecule has 2 heteroatoms. The Labute approximate surface area is 98.6 Å². The molecule has 4 fully saturated rings. The molecule has 4 aliphatic rings. The second-order valence-electron chi connectivity index (χ2n) is 6.55. The minimum absolute atomic E-state index is 0.872. The number of fused-ring (bicyclic) bond motifs is 3. The Balaban J connectivity index is 1.68. The second kappa shape index (κ2) is 3.71. The van der Waals surface area contributed by atoms with E-state index in [1.54, 1.807) is 12.8 Å². The zero-order valence-electron chi connectivity index (χ0n) is 10.1. The van der Waals surface area contributed by atoms with Crippen molar-refractivity contribution < 1.29 is 0 Å². The van der Waals surface area contributed by atoms with Crippen LogP contribution in [0.3, 0.4) is 0 Å². The molecule has 16 heavy (non-hydrogen) atoms. The Morgan fingerprint density at radius 3 is 2.50 bits per heavy atom. The Morgan fingerprint density at radius 2 is 1.62 bits per heavy atom. The van der Waals surface area contributed by atoms with E-state index in [9.17, 15) is 0 Å². The lowest BCUT2D eigenvalue weighted by molar-refractivity contribution is 0.0849. The maximum Gasteiger partial charge on any atom is 0.0456 e. The highest BCUT2D eigenvalue weighted by molar-refractivity contribution is 5.07. The van der Waals surface area contributed by atoms with E-state index in [0.717, 1.165) is 42.3 Å². The highest BCUT2D eigenvalue weighted by atomic mass is 15.1. The quantitative estimate of drug-likeness (QED) is 0.652. The second-order valence-corrected chi connectivity index (χ2v) is 6.55. The summed E-state index contributed by atoms with van der Waals surface area (Å²) < 4.78 is 0. The summed E-state index contributed by atoms with van der Waals surface area (Å²) in [6, 6.07) is 0.872. The summed E-state index contributed by atoms with van der Waals surface area (Å²) in [5.74, 6) is 5.27. The van der Waals surface area contributed by atoms with E-state index in [2.05, 4.69) is 10.6 Å². The van der Waals surface area contributed by atoms with Gasteiger partial charge in [0.1, 0.15) is 0 Å². The minimum Gasteiger partial charge on any atom is -0.304 e. The molecule has 6 atom stereocenters. The summed E-state index contributed by atoms with van der Waals surface area (Å²) in [5.41, 5.74) is 0. The Kier molecular flexibility index (Phi) is 2.29. The van der Waals surface area contributed by atoms with Gasteiger partial charge in [0, 0.05) is 19.3 Å². The molecule has 3 saturated carbocycles. The molecule has 1 saturated heterocycles. The van der Waals surface area contributed by atoms with Crippen molar-refractivity contribution in [2.24, 2.45) is 29.6 Å². The third-order valence-electron chi connectivity index (χ3n) is 6.07. The Hall–Kier alpha value is -0.0800. The zero-order valence-corrected chi connectivity index (χ0v) is 10.1. The van der Waals surface area contributed by atoms with E-state index in [0.29, 0.717) is 0 Å². The lowest BCUT2D eigenvalue weighted by Crippen LogP contribution is -2.52. The summed E-state index contributed by atoms with van der Waals surface area (Å²) in [7, 11) is 0. The van der Waals surface area contributed by atoms with Gasteiger partial charge in [-0.25, -0.2) is 0 Å². The van der Waals surface area contributed by atoms with Crippen molar-refractivity contribution in [3.8, 4) is 0 Å². The van der Waals surface area contributed by atoms with Crippen molar-refractivity contribution in [3.05, 3.63) is 0 Å². The zero-order chi connectivity index (χ0) is 10.5. The van der Waals surface area contributed by atoms with Gasteiger partial charge in [0.15, 0.2) is 0 Å². The van der Waals surface area contributed by atoms with Gasteiger partial charge in [0.25, 0.3) is 0 Å². The molecule has 90 valence electrons. The molecule has 0 amide bonds.